The number of furan rings is 1. The fourth-order valence-corrected chi connectivity index (χ4v) is 7.01. The highest BCUT2D eigenvalue weighted by Gasteiger charge is 2.37. The molecule has 0 saturated heterocycles. The van der Waals surface area contributed by atoms with Gasteiger partial charge in [0.15, 0.2) is 5.58 Å². The summed E-state index contributed by atoms with van der Waals surface area (Å²) in [5.41, 5.74) is 13.1. The second-order valence-corrected chi connectivity index (χ2v) is 11.7. The van der Waals surface area contributed by atoms with E-state index in [0.29, 0.717) is 0 Å². The van der Waals surface area contributed by atoms with Crippen molar-refractivity contribution in [3.63, 3.8) is 0 Å². The lowest BCUT2D eigenvalue weighted by Crippen LogP contribution is -2.40. The van der Waals surface area contributed by atoms with Crippen LogP contribution in [-0.2, 0) is 6.42 Å². The van der Waals surface area contributed by atoms with Crippen molar-refractivity contribution in [2.45, 2.75) is 26.4 Å². The van der Waals surface area contributed by atoms with E-state index in [1.165, 1.54) is 45.1 Å². The van der Waals surface area contributed by atoms with Crippen molar-refractivity contribution in [2.75, 3.05) is 40.4 Å². The van der Waals surface area contributed by atoms with Crippen LogP contribution in [-0.4, -0.2) is 26.9 Å². The molecule has 1 aromatic heterocycles. The third-order valence-corrected chi connectivity index (χ3v) is 9.15. The lowest BCUT2D eigenvalue weighted by Gasteiger charge is -2.32. The van der Waals surface area contributed by atoms with Gasteiger partial charge in [-0.15, -0.1) is 0 Å². The number of hydrogen-bond acceptors (Lipinski definition) is 5. The molecule has 0 fully saturated rings. The summed E-state index contributed by atoms with van der Waals surface area (Å²) in [6.07, 6.45) is 0.948. The van der Waals surface area contributed by atoms with E-state index in [9.17, 15) is 0 Å². The van der Waals surface area contributed by atoms with Crippen LogP contribution in [0, 0.1) is 13.8 Å². The van der Waals surface area contributed by atoms with Gasteiger partial charge in [-0.1, -0.05) is 66.7 Å². The van der Waals surface area contributed by atoms with Gasteiger partial charge >= 0.3 is 0 Å². The lowest BCUT2D eigenvalue weighted by atomic mass is 10.0. The van der Waals surface area contributed by atoms with Crippen molar-refractivity contribution in [2.24, 2.45) is 0 Å². The van der Waals surface area contributed by atoms with Crippen molar-refractivity contribution in [3.8, 4) is 0 Å². The Morgan fingerprint density at radius 1 is 0.667 bits per heavy atom. The Hall–Kier alpha value is -4.90. The molecular weight excluding hydrogens is 516 g/mol. The van der Waals surface area contributed by atoms with Crippen LogP contribution in [0.4, 0.5) is 34.1 Å². The number of nitrogens with zero attached hydrogens (tertiary/aromatic N) is 4. The molecule has 0 spiro atoms. The van der Waals surface area contributed by atoms with Gasteiger partial charge in [-0.25, -0.2) is 0 Å². The molecule has 0 amide bonds. The van der Waals surface area contributed by atoms with Gasteiger partial charge < -0.3 is 24.0 Å². The average molecular weight is 551 g/mol. The van der Waals surface area contributed by atoms with Crippen LogP contribution in [0.1, 0.15) is 16.7 Å². The van der Waals surface area contributed by atoms with E-state index < -0.39 is 0 Å². The molecule has 3 heterocycles. The topological polar surface area (TPSA) is 26.1 Å². The second-order valence-electron chi connectivity index (χ2n) is 11.7. The molecule has 0 N–H and O–H groups in total. The van der Waals surface area contributed by atoms with Gasteiger partial charge in [-0.2, -0.15) is 0 Å². The van der Waals surface area contributed by atoms with Crippen LogP contribution in [0.15, 0.2) is 108 Å². The largest absolute Gasteiger partial charge is 0.454 e. The number of aryl methyl sites for hydroxylation is 2. The zero-order valence-electron chi connectivity index (χ0n) is 24.5. The molecule has 1 atom stereocenters. The van der Waals surface area contributed by atoms with Gasteiger partial charge in [-0.3, -0.25) is 0 Å². The van der Waals surface area contributed by atoms with Crippen LogP contribution in [0.2, 0.25) is 0 Å². The minimum atomic E-state index is 0.0870. The Labute approximate surface area is 246 Å². The maximum absolute atomic E-state index is 6.60. The normalized spacial score (nSPS) is 16.1. The third kappa shape index (κ3) is 3.63. The van der Waals surface area contributed by atoms with Gasteiger partial charge in [0.2, 0.25) is 0 Å². The fourth-order valence-electron chi connectivity index (χ4n) is 7.01. The van der Waals surface area contributed by atoms with E-state index in [0.717, 1.165) is 40.7 Å². The van der Waals surface area contributed by atoms with Crippen molar-refractivity contribution >= 4 is 56.1 Å². The Morgan fingerprint density at radius 3 is 2.24 bits per heavy atom. The fraction of sp³-hybridized carbons (Fsp3) is 0.189. The molecule has 6 aromatic rings. The maximum Gasteiger partial charge on any atom is 0.159 e. The summed E-state index contributed by atoms with van der Waals surface area (Å²) >= 11 is 0. The van der Waals surface area contributed by atoms with E-state index >= 15 is 0 Å². The van der Waals surface area contributed by atoms with Gasteiger partial charge in [0.1, 0.15) is 11.7 Å². The second kappa shape index (κ2) is 9.31. The van der Waals surface area contributed by atoms with E-state index in [2.05, 4.69) is 145 Å². The summed E-state index contributed by atoms with van der Waals surface area (Å²) in [6.45, 7) is 5.24. The molecule has 0 radical (unpaired) electrons. The average Bonchev–Trinajstić information content (AvgIpc) is 3.63. The summed E-state index contributed by atoms with van der Waals surface area (Å²) in [4.78, 5) is 9.71. The van der Waals surface area contributed by atoms with Crippen LogP contribution < -0.4 is 19.6 Å². The van der Waals surface area contributed by atoms with Crippen molar-refractivity contribution in [1.82, 2.24) is 0 Å². The molecule has 8 rings (SSSR count). The number of rotatable bonds is 4. The third-order valence-electron chi connectivity index (χ3n) is 9.15. The number of benzene rings is 5. The smallest absolute Gasteiger partial charge is 0.159 e. The molecule has 0 saturated carbocycles. The lowest BCUT2D eigenvalue weighted by molar-refractivity contribution is 0.644. The Morgan fingerprint density at radius 2 is 1.40 bits per heavy atom. The van der Waals surface area contributed by atoms with Crippen LogP contribution >= 0.6 is 0 Å². The van der Waals surface area contributed by atoms with Crippen LogP contribution in [0.3, 0.4) is 0 Å². The first-order valence-corrected chi connectivity index (χ1v) is 14.7. The Balaban J connectivity index is 1.25. The monoisotopic (exact) mass is 550 g/mol. The maximum atomic E-state index is 6.60. The highest BCUT2D eigenvalue weighted by Crippen LogP contribution is 2.49. The number of hydrogen-bond donors (Lipinski definition) is 0. The number of fused-ring (bicyclic) bond motifs is 5. The molecule has 5 aromatic carbocycles. The van der Waals surface area contributed by atoms with Gasteiger partial charge in [0, 0.05) is 37.0 Å². The van der Waals surface area contributed by atoms with Crippen molar-refractivity contribution in [3.05, 3.63) is 120 Å². The van der Waals surface area contributed by atoms with Crippen molar-refractivity contribution in [1.29, 1.82) is 0 Å². The van der Waals surface area contributed by atoms with E-state index in [1.807, 2.05) is 6.07 Å². The minimum absolute atomic E-state index is 0.0870. The van der Waals surface area contributed by atoms with Gasteiger partial charge in [0.25, 0.3) is 0 Å². The standard InChI is InChI=1S/C37H34N4O/c1-24-11-5-7-13-29(24)40-23-38(3)30-20-18-26(21-33(30)40)22-35-39(4)31-14-8-9-15-32(31)41(35)36-25(2)17-19-28-27-12-6-10-16-34(27)42-37(28)36/h5-21,35H,22-23H2,1-4H3. The quantitative estimate of drug-likeness (QED) is 0.218. The van der Waals surface area contributed by atoms with Crippen LogP contribution in [0.25, 0.3) is 21.9 Å². The summed E-state index contributed by atoms with van der Waals surface area (Å²) in [6, 6.07) is 37.2. The van der Waals surface area contributed by atoms with Gasteiger partial charge in [0.05, 0.1) is 35.1 Å². The first kappa shape index (κ1) is 24.9. The SMILES string of the molecule is Cc1ccccc1N1CN(C)c2ccc(CC3N(C)c4ccccc4N3c3c(C)ccc4c3oc3ccccc34)cc21. The molecule has 2 aliphatic heterocycles. The van der Waals surface area contributed by atoms with Gasteiger partial charge in [-0.05, 0) is 66.9 Å². The number of likely N-dealkylation sites (N-methyl/N-ethyl adjacent to an activating group) is 1. The van der Waals surface area contributed by atoms with E-state index in [1.54, 1.807) is 0 Å². The highest BCUT2D eigenvalue weighted by atomic mass is 16.3. The molecule has 1 unspecified atom stereocenters. The molecular formula is C37H34N4O. The molecule has 42 heavy (non-hydrogen) atoms. The molecule has 0 bridgehead atoms. The predicted molar refractivity (Wildman–Crippen MR) is 176 cm³/mol. The van der Waals surface area contributed by atoms with E-state index in [-0.39, 0.29) is 6.17 Å². The minimum Gasteiger partial charge on any atom is -0.454 e. The van der Waals surface area contributed by atoms with Crippen molar-refractivity contribution < 1.29 is 4.42 Å². The highest BCUT2D eigenvalue weighted by molar-refractivity contribution is 6.10. The zero-order chi connectivity index (χ0) is 28.5. The first-order chi connectivity index (χ1) is 20.5. The Bertz CT molecular complexity index is 1990. The summed E-state index contributed by atoms with van der Waals surface area (Å²) in [5, 5.41) is 2.32. The first-order valence-electron chi connectivity index (χ1n) is 14.7. The van der Waals surface area contributed by atoms with E-state index in [4.69, 9.17) is 4.42 Å². The Kier molecular flexibility index (Phi) is 5.51. The van der Waals surface area contributed by atoms with Crippen LogP contribution in [0.5, 0.6) is 0 Å². The molecule has 0 aliphatic carbocycles. The number of para-hydroxylation sites is 4. The summed E-state index contributed by atoms with van der Waals surface area (Å²) in [7, 11) is 4.40. The predicted octanol–water partition coefficient (Wildman–Crippen LogP) is 8.90. The number of anilines is 6. The molecule has 2 aliphatic rings. The zero-order valence-corrected chi connectivity index (χ0v) is 24.5. The summed E-state index contributed by atoms with van der Waals surface area (Å²) in [5.74, 6) is 0. The summed E-state index contributed by atoms with van der Waals surface area (Å²) < 4.78 is 6.60. The molecule has 5 heteroatoms. The molecule has 208 valence electrons. The molecule has 5 nitrogen and oxygen atoms in total.